The Balaban J connectivity index is 1.89. The summed E-state index contributed by atoms with van der Waals surface area (Å²) in [6.07, 6.45) is 3.39. The molecular formula is C18H19NO. The molecule has 2 aromatic carbocycles. The van der Waals surface area contributed by atoms with E-state index in [1.54, 1.807) is 7.11 Å². The van der Waals surface area contributed by atoms with Crippen molar-refractivity contribution in [2.75, 3.05) is 7.11 Å². The van der Waals surface area contributed by atoms with Gasteiger partial charge in [-0.3, -0.25) is 4.99 Å². The van der Waals surface area contributed by atoms with Gasteiger partial charge in [0.1, 0.15) is 5.75 Å². The first kappa shape index (κ1) is 12.9. The Hall–Kier alpha value is -2.09. The van der Waals surface area contributed by atoms with Crippen molar-refractivity contribution in [3.05, 3.63) is 65.2 Å². The highest BCUT2D eigenvalue weighted by molar-refractivity contribution is 6.03. The summed E-state index contributed by atoms with van der Waals surface area (Å²) in [4.78, 5) is 4.83. The highest BCUT2D eigenvalue weighted by atomic mass is 16.5. The number of aliphatic imine (C=N–C) groups is 1. The average molecular weight is 265 g/mol. The van der Waals surface area contributed by atoms with Crippen LogP contribution in [0.15, 0.2) is 53.5 Å². The van der Waals surface area contributed by atoms with Crippen LogP contribution in [0, 0.1) is 0 Å². The lowest BCUT2D eigenvalue weighted by Crippen LogP contribution is -2.12. The maximum Gasteiger partial charge on any atom is 0.119 e. The van der Waals surface area contributed by atoms with E-state index in [4.69, 9.17) is 9.73 Å². The van der Waals surface area contributed by atoms with E-state index in [1.807, 2.05) is 12.1 Å². The topological polar surface area (TPSA) is 21.6 Å². The molecule has 0 amide bonds. The molecule has 0 heterocycles. The number of rotatable bonds is 3. The van der Waals surface area contributed by atoms with E-state index in [0.29, 0.717) is 0 Å². The summed E-state index contributed by atoms with van der Waals surface area (Å²) in [6, 6.07) is 16.7. The molecule has 3 rings (SSSR count). The lowest BCUT2D eigenvalue weighted by atomic mass is 9.90. The third-order valence-electron chi connectivity index (χ3n) is 3.78. The van der Waals surface area contributed by atoms with Crippen LogP contribution < -0.4 is 4.74 Å². The Kier molecular flexibility index (Phi) is 3.82. The summed E-state index contributed by atoms with van der Waals surface area (Å²) in [5.74, 6) is 0.915. The molecule has 0 fully saturated rings. The summed E-state index contributed by atoms with van der Waals surface area (Å²) < 4.78 is 5.34. The molecule has 0 unspecified atom stereocenters. The van der Waals surface area contributed by atoms with Crippen molar-refractivity contribution in [2.24, 2.45) is 4.99 Å². The van der Waals surface area contributed by atoms with Gasteiger partial charge in [0.15, 0.2) is 0 Å². The maximum atomic E-state index is 5.34. The Morgan fingerprint density at radius 3 is 2.70 bits per heavy atom. The highest BCUT2D eigenvalue weighted by Crippen LogP contribution is 2.26. The number of aryl methyl sites for hydroxylation is 1. The van der Waals surface area contributed by atoms with Gasteiger partial charge in [-0.25, -0.2) is 0 Å². The third-order valence-corrected chi connectivity index (χ3v) is 3.78. The zero-order chi connectivity index (χ0) is 13.8. The van der Waals surface area contributed by atoms with Crippen LogP contribution in [0.1, 0.15) is 29.5 Å². The third kappa shape index (κ3) is 2.74. The zero-order valence-corrected chi connectivity index (χ0v) is 11.8. The SMILES string of the molecule is COc1ccc2c(c1)C(=NCc1ccccc1)CCC2. The van der Waals surface area contributed by atoms with Crippen LogP contribution in [0.2, 0.25) is 0 Å². The largest absolute Gasteiger partial charge is 0.497 e. The van der Waals surface area contributed by atoms with Gasteiger partial charge in [-0.1, -0.05) is 36.4 Å². The lowest BCUT2D eigenvalue weighted by molar-refractivity contribution is 0.414. The Morgan fingerprint density at radius 2 is 1.90 bits per heavy atom. The summed E-state index contributed by atoms with van der Waals surface area (Å²) >= 11 is 0. The number of nitrogens with zero attached hydrogens (tertiary/aromatic N) is 1. The van der Waals surface area contributed by atoms with Crippen molar-refractivity contribution in [1.82, 2.24) is 0 Å². The molecule has 0 saturated heterocycles. The molecule has 102 valence electrons. The number of methoxy groups -OCH3 is 1. The second-order valence-electron chi connectivity index (χ2n) is 5.13. The van der Waals surface area contributed by atoms with Crippen molar-refractivity contribution in [1.29, 1.82) is 0 Å². The summed E-state index contributed by atoms with van der Waals surface area (Å²) in [5, 5.41) is 0. The van der Waals surface area contributed by atoms with Crippen molar-refractivity contribution < 1.29 is 4.74 Å². The zero-order valence-electron chi connectivity index (χ0n) is 11.8. The molecule has 20 heavy (non-hydrogen) atoms. The van der Waals surface area contributed by atoms with E-state index in [9.17, 15) is 0 Å². The second kappa shape index (κ2) is 5.91. The fraction of sp³-hybridized carbons (Fsp3) is 0.278. The van der Waals surface area contributed by atoms with Crippen LogP contribution in [-0.4, -0.2) is 12.8 Å². The minimum absolute atomic E-state index is 0.757. The normalized spacial score (nSPS) is 15.9. The number of ether oxygens (including phenoxy) is 1. The first-order valence-electron chi connectivity index (χ1n) is 7.11. The van der Waals surface area contributed by atoms with Gasteiger partial charge in [0.2, 0.25) is 0 Å². The van der Waals surface area contributed by atoms with Gasteiger partial charge in [0, 0.05) is 11.3 Å². The molecule has 0 aromatic heterocycles. The highest BCUT2D eigenvalue weighted by Gasteiger charge is 2.15. The average Bonchev–Trinajstić information content (AvgIpc) is 2.53. The molecule has 1 aliphatic rings. The number of fused-ring (bicyclic) bond motifs is 1. The molecule has 0 spiro atoms. The standard InChI is InChI=1S/C18H19NO/c1-20-16-11-10-15-8-5-9-18(17(15)12-16)19-13-14-6-3-2-4-7-14/h2-4,6-7,10-12H,5,8-9,13H2,1H3. The minimum atomic E-state index is 0.757. The Bertz CT molecular complexity index is 617. The van der Waals surface area contributed by atoms with Gasteiger partial charge in [0.05, 0.1) is 13.7 Å². The monoisotopic (exact) mass is 265 g/mol. The van der Waals surface area contributed by atoms with Crippen LogP contribution in [0.25, 0.3) is 0 Å². The van der Waals surface area contributed by atoms with Crippen LogP contribution in [0.3, 0.4) is 0 Å². The van der Waals surface area contributed by atoms with Crippen molar-refractivity contribution in [3.8, 4) is 5.75 Å². The molecular weight excluding hydrogens is 246 g/mol. The fourth-order valence-corrected chi connectivity index (χ4v) is 2.68. The molecule has 2 heteroatoms. The van der Waals surface area contributed by atoms with E-state index < -0.39 is 0 Å². The molecule has 0 atom stereocenters. The summed E-state index contributed by atoms with van der Waals surface area (Å²) in [6.45, 7) is 0.757. The van der Waals surface area contributed by atoms with Gasteiger partial charge in [-0.15, -0.1) is 0 Å². The number of hydrogen-bond acceptors (Lipinski definition) is 2. The quantitative estimate of drug-likeness (QED) is 0.821. The van der Waals surface area contributed by atoms with Crippen LogP contribution >= 0.6 is 0 Å². The van der Waals surface area contributed by atoms with E-state index in [0.717, 1.165) is 25.1 Å². The summed E-state index contributed by atoms with van der Waals surface area (Å²) in [5.41, 5.74) is 5.14. The fourth-order valence-electron chi connectivity index (χ4n) is 2.68. The predicted molar refractivity (Wildman–Crippen MR) is 82.6 cm³/mol. The van der Waals surface area contributed by atoms with Gasteiger partial charge in [-0.2, -0.15) is 0 Å². The van der Waals surface area contributed by atoms with Crippen LogP contribution in [0.4, 0.5) is 0 Å². The van der Waals surface area contributed by atoms with Crippen LogP contribution in [0.5, 0.6) is 5.75 Å². The van der Waals surface area contributed by atoms with Crippen LogP contribution in [-0.2, 0) is 13.0 Å². The van der Waals surface area contributed by atoms with Crippen molar-refractivity contribution in [3.63, 3.8) is 0 Å². The molecule has 0 bridgehead atoms. The van der Waals surface area contributed by atoms with Gasteiger partial charge in [-0.05, 0) is 42.5 Å². The molecule has 0 N–H and O–H groups in total. The molecule has 1 aliphatic carbocycles. The maximum absolute atomic E-state index is 5.34. The summed E-state index contributed by atoms with van der Waals surface area (Å²) in [7, 11) is 1.71. The Morgan fingerprint density at radius 1 is 1.05 bits per heavy atom. The van der Waals surface area contributed by atoms with E-state index in [1.165, 1.54) is 28.8 Å². The second-order valence-corrected chi connectivity index (χ2v) is 5.13. The van der Waals surface area contributed by atoms with E-state index in [2.05, 4.69) is 36.4 Å². The lowest BCUT2D eigenvalue weighted by Gasteiger charge is -2.19. The van der Waals surface area contributed by atoms with E-state index >= 15 is 0 Å². The van der Waals surface area contributed by atoms with E-state index in [-0.39, 0.29) is 0 Å². The van der Waals surface area contributed by atoms with Gasteiger partial charge in [0.25, 0.3) is 0 Å². The van der Waals surface area contributed by atoms with Crippen molar-refractivity contribution in [2.45, 2.75) is 25.8 Å². The molecule has 2 nitrogen and oxygen atoms in total. The molecule has 0 saturated carbocycles. The van der Waals surface area contributed by atoms with Crippen molar-refractivity contribution >= 4 is 5.71 Å². The first-order valence-corrected chi connectivity index (χ1v) is 7.11. The number of benzene rings is 2. The molecule has 0 aliphatic heterocycles. The Labute approximate surface area is 120 Å². The van der Waals surface area contributed by atoms with Gasteiger partial charge < -0.3 is 4.74 Å². The molecule has 0 radical (unpaired) electrons. The van der Waals surface area contributed by atoms with Gasteiger partial charge >= 0.3 is 0 Å². The molecule has 2 aromatic rings. The first-order chi connectivity index (χ1) is 9.86. The smallest absolute Gasteiger partial charge is 0.119 e. The number of hydrogen-bond donors (Lipinski definition) is 0. The predicted octanol–water partition coefficient (Wildman–Crippen LogP) is 4.02. The minimum Gasteiger partial charge on any atom is -0.497 e.